The Bertz CT molecular complexity index is 1330. The van der Waals surface area contributed by atoms with Crippen LogP contribution in [0.5, 0.6) is 0 Å². The zero-order chi connectivity index (χ0) is 23.7. The lowest BCUT2D eigenvalue weighted by atomic mass is 10.1. The highest BCUT2D eigenvalue weighted by Crippen LogP contribution is 2.33. The van der Waals surface area contributed by atoms with Crippen LogP contribution < -0.4 is 4.90 Å². The quantitative estimate of drug-likeness (QED) is 0.291. The molecule has 4 aromatic rings. The van der Waals surface area contributed by atoms with Crippen molar-refractivity contribution in [3.05, 3.63) is 97.3 Å². The van der Waals surface area contributed by atoms with Gasteiger partial charge in [-0.2, -0.15) is 0 Å². The normalized spacial score (nSPS) is 10.8. The number of rotatable bonds is 6. The van der Waals surface area contributed by atoms with Crippen LogP contribution in [0.1, 0.15) is 27.2 Å². The predicted octanol–water partition coefficient (Wildman–Crippen LogP) is 4.97. The highest BCUT2D eigenvalue weighted by Gasteiger charge is 2.26. The van der Waals surface area contributed by atoms with E-state index in [1.54, 1.807) is 24.4 Å². The SMILES string of the molecule is Cc1cc2nc(N(Cc3ccccn3)C(=O)c3cc([N+](=O)[O-])cc([N+](=O)[O-])c3)sc2cc1C. The molecule has 166 valence electrons. The lowest BCUT2D eigenvalue weighted by Gasteiger charge is -2.19. The van der Waals surface area contributed by atoms with Crippen LogP contribution in [0.2, 0.25) is 0 Å². The van der Waals surface area contributed by atoms with Gasteiger partial charge in [-0.25, -0.2) is 4.98 Å². The van der Waals surface area contributed by atoms with E-state index in [9.17, 15) is 25.0 Å². The number of thiazole rings is 1. The molecule has 4 rings (SSSR count). The number of anilines is 1. The summed E-state index contributed by atoms with van der Waals surface area (Å²) in [7, 11) is 0. The third kappa shape index (κ3) is 4.53. The lowest BCUT2D eigenvalue weighted by Crippen LogP contribution is -2.30. The van der Waals surface area contributed by atoms with Crippen molar-refractivity contribution in [1.29, 1.82) is 0 Å². The molecule has 0 radical (unpaired) electrons. The van der Waals surface area contributed by atoms with Crippen molar-refractivity contribution < 1.29 is 14.6 Å². The van der Waals surface area contributed by atoms with Gasteiger partial charge in [0.2, 0.25) is 0 Å². The van der Waals surface area contributed by atoms with E-state index in [0.29, 0.717) is 16.3 Å². The van der Waals surface area contributed by atoms with E-state index in [1.807, 2.05) is 26.0 Å². The monoisotopic (exact) mass is 463 g/mol. The third-order valence-corrected chi connectivity index (χ3v) is 6.13. The number of nitrogens with zero attached hydrogens (tertiary/aromatic N) is 5. The topological polar surface area (TPSA) is 132 Å². The summed E-state index contributed by atoms with van der Waals surface area (Å²) in [6.07, 6.45) is 1.58. The smallest absolute Gasteiger partial charge is 0.277 e. The van der Waals surface area contributed by atoms with Crippen LogP contribution >= 0.6 is 11.3 Å². The fourth-order valence-corrected chi connectivity index (χ4v) is 4.29. The van der Waals surface area contributed by atoms with Gasteiger partial charge in [-0.3, -0.25) is 34.9 Å². The lowest BCUT2D eigenvalue weighted by molar-refractivity contribution is -0.394. The van der Waals surface area contributed by atoms with Crippen LogP contribution in [0.15, 0.2) is 54.7 Å². The van der Waals surface area contributed by atoms with Crippen LogP contribution in [0.25, 0.3) is 10.2 Å². The summed E-state index contributed by atoms with van der Waals surface area (Å²) < 4.78 is 0.872. The molecule has 0 atom stereocenters. The predicted molar refractivity (Wildman–Crippen MR) is 124 cm³/mol. The van der Waals surface area contributed by atoms with E-state index in [2.05, 4.69) is 9.97 Å². The molecule has 0 bridgehead atoms. The average Bonchev–Trinajstić information content (AvgIpc) is 3.19. The van der Waals surface area contributed by atoms with E-state index in [-0.39, 0.29) is 12.1 Å². The molecule has 0 N–H and O–H groups in total. The molecule has 0 saturated carbocycles. The Labute approximate surface area is 191 Å². The number of amides is 1. The first-order valence-electron chi connectivity index (χ1n) is 9.76. The summed E-state index contributed by atoms with van der Waals surface area (Å²) in [5.74, 6) is -0.653. The van der Waals surface area contributed by atoms with Crippen LogP contribution in [0.3, 0.4) is 0 Å². The van der Waals surface area contributed by atoms with Gasteiger partial charge in [-0.15, -0.1) is 0 Å². The highest BCUT2D eigenvalue weighted by atomic mass is 32.1. The first-order valence-corrected chi connectivity index (χ1v) is 10.6. The van der Waals surface area contributed by atoms with E-state index in [0.717, 1.165) is 34.0 Å². The number of hydrogen-bond donors (Lipinski definition) is 0. The van der Waals surface area contributed by atoms with Gasteiger partial charge in [-0.05, 0) is 49.2 Å². The van der Waals surface area contributed by atoms with Crippen molar-refractivity contribution >= 4 is 44.0 Å². The molecule has 2 heterocycles. The van der Waals surface area contributed by atoms with Crippen molar-refractivity contribution in [2.45, 2.75) is 20.4 Å². The number of carbonyl (C=O) groups excluding carboxylic acids is 1. The van der Waals surface area contributed by atoms with Gasteiger partial charge in [0.1, 0.15) is 0 Å². The van der Waals surface area contributed by atoms with E-state index in [4.69, 9.17) is 0 Å². The number of aromatic nitrogens is 2. The maximum atomic E-state index is 13.5. The third-order valence-electron chi connectivity index (χ3n) is 5.09. The summed E-state index contributed by atoms with van der Waals surface area (Å²) in [5.41, 5.74) is 2.14. The summed E-state index contributed by atoms with van der Waals surface area (Å²) in [5, 5.41) is 23.0. The van der Waals surface area contributed by atoms with Crippen molar-refractivity contribution in [3.8, 4) is 0 Å². The maximum Gasteiger partial charge on any atom is 0.277 e. The molecule has 11 heteroatoms. The second kappa shape index (κ2) is 8.71. The molecule has 1 amide bonds. The minimum absolute atomic E-state index is 0.0357. The molecular formula is C22H17N5O5S. The van der Waals surface area contributed by atoms with E-state index < -0.39 is 27.1 Å². The number of non-ortho nitro benzene ring substituents is 2. The number of benzene rings is 2. The molecule has 0 fully saturated rings. The number of nitro benzene ring substituents is 2. The minimum atomic E-state index is -0.768. The van der Waals surface area contributed by atoms with Crippen molar-refractivity contribution in [1.82, 2.24) is 9.97 Å². The Hall–Kier alpha value is -4.25. The van der Waals surface area contributed by atoms with Gasteiger partial charge in [-0.1, -0.05) is 17.4 Å². The molecule has 0 unspecified atom stereocenters. The first kappa shape index (κ1) is 22.0. The fraction of sp³-hybridized carbons (Fsp3) is 0.136. The largest absolute Gasteiger partial charge is 0.278 e. The van der Waals surface area contributed by atoms with Gasteiger partial charge in [0.15, 0.2) is 5.13 Å². The number of pyridine rings is 1. The summed E-state index contributed by atoms with van der Waals surface area (Å²) in [4.78, 5) is 44.8. The zero-order valence-electron chi connectivity index (χ0n) is 17.6. The molecule has 10 nitrogen and oxygen atoms in total. The van der Waals surface area contributed by atoms with Crippen LogP contribution in [-0.4, -0.2) is 25.7 Å². The van der Waals surface area contributed by atoms with Gasteiger partial charge >= 0.3 is 0 Å². The van der Waals surface area contributed by atoms with Gasteiger partial charge in [0, 0.05) is 18.3 Å². The van der Waals surface area contributed by atoms with Crippen LogP contribution in [0.4, 0.5) is 16.5 Å². The Balaban J connectivity index is 1.84. The van der Waals surface area contributed by atoms with E-state index >= 15 is 0 Å². The molecule has 0 spiro atoms. The van der Waals surface area contributed by atoms with Crippen molar-refractivity contribution in [3.63, 3.8) is 0 Å². The fourth-order valence-electron chi connectivity index (χ4n) is 3.25. The van der Waals surface area contributed by atoms with Crippen molar-refractivity contribution in [2.24, 2.45) is 0 Å². The minimum Gasteiger partial charge on any atom is -0.278 e. The maximum absolute atomic E-state index is 13.5. The number of fused-ring (bicyclic) bond motifs is 1. The Morgan fingerprint density at radius 3 is 2.27 bits per heavy atom. The van der Waals surface area contributed by atoms with Crippen LogP contribution in [-0.2, 0) is 6.54 Å². The zero-order valence-corrected chi connectivity index (χ0v) is 18.4. The summed E-state index contributed by atoms with van der Waals surface area (Å²) in [6, 6.07) is 12.0. The first-order chi connectivity index (χ1) is 15.7. The Morgan fingerprint density at radius 2 is 1.67 bits per heavy atom. The molecule has 2 aromatic heterocycles. The Morgan fingerprint density at radius 1 is 1.00 bits per heavy atom. The number of carbonyl (C=O) groups is 1. The van der Waals surface area contributed by atoms with E-state index in [1.165, 1.54) is 16.2 Å². The molecular weight excluding hydrogens is 446 g/mol. The molecule has 0 aliphatic heterocycles. The van der Waals surface area contributed by atoms with Gasteiger partial charge in [0.05, 0.1) is 43.9 Å². The van der Waals surface area contributed by atoms with Gasteiger partial charge in [0.25, 0.3) is 17.3 Å². The van der Waals surface area contributed by atoms with Crippen molar-refractivity contribution in [2.75, 3.05) is 4.90 Å². The second-order valence-electron chi connectivity index (χ2n) is 7.37. The molecule has 33 heavy (non-hydrogen) atoms. The standard InChI is InChI=1S/C22H17N5O5S/c1-13-7-19-20(8-14(13)2)33-22(24-19)25(12-16-5-3-4-6-23-16)21(28)15-9-17(26(29)30)11-18(10-15)27(31)32/h3-11H,12H2,1-2H3. The van der Waals surface area contributed by atoms with Crippen LogP contribution in [0, 0.1) is 34.1 Å². The second-order valence-corrected chi connectivity index (χ2v) is 8.37. The summed E-state index contributed by atoms with van der Waals surface area (Å²) in [6.45, 7) is 3.98. The molecule has 0 aliphatic rings. The molecule has 0 aliphatic carbocycles. The molecule has 2 aromatic carbocycles. The number of aryl methyl sites for hydroxylation is 2. The molecule has 0 saturated heterocycles. The number of hydrogen-bond acceptors (Lipinski definition) is 8. The number of nitro groups is 2. The average molecular weight is 463 g/mol. The van der Waals surface area contributed by atoms with Gasteiger partial charge < -0.3 is 0 Å². The highest BCUT2D eigenvalue weighted by molar-refractivity contribution is 7.22. The Kier molecular flexibility index (Phi) is 5.80. The summed E-state index contributed by atoms with van der Waals surface area (Å²) >= 11 is 1.29.